The molecule has 88 valence electrons. The molecule has 1 aromatic rings. The van der Waals surface area contributed by atoms with Crippen molar-refractivity contribution in [2.75, 3.05) is 13.7 Å². The molecule has 0 aliphatic heterocycles. The van der Waals surface area contributed by atoms with E-state index < -0.39 is 5.97 Å². The molecule has 0 spiro atoms. The van der Waals surface area contributed by atoms with Crippen molar-refractivity contribution in [3.63, 3.8) is 0 Å². The number of aliphatic carboxylic acids is 1. The fraction of sp³-hybridized carbons (Fsp3) is 0.417. The molecule has 0 aromatic heterocycles. The normalized spacial score (nSPS) is 12.1. The predicted octanol–water partition coefficient (Wildman–Crippen LogP) is 1.82. The SMILES string of the molecule is CCNC(CC(=O)O)c1ccccc1OC. The summed E-state index contributed by atoms with van der Waals surface area (Å²) in [6.07, 6.45) is 0.0498. The van der Waals surface area contributed by atoms with Gasteiger partial charge in [-0.25, -0.2) is 0 Å². The maximum atomic E-state index is 10.8. The van der Waals surface area contributed by atoms with Crippen LogP contribution in [0.1, 0.15) is 24.9 Å². The van der Waals surface area contributed by atoms with Crippen LogP contribution in [0.4, 0.5) is 0 Å². The number of para-hydroxylation sites is 1. The number of carboxylic acids is 1. The first-order chi connectivity index (χ1) is 7.69. The van der Waals surface area contributed by atoms with Crippen LogP contribution in [0.15, 0.2) is 24.3 Å². The molecule has 1 aromatic carbocycles. The van der Waals surface area contributed by atoms with Crippen molar-refractivity contribution in [2.24, 2.45) is 0 Å². The number of benzene rings is 1. The Labute approximate surface area is 95.2 Å². The van der Waals surface area contributed by atoms with Crippen LogP contribution in [-0.2, 0) is 4.79 Å². The zero-order valence-electron chi connectivity index (χ0n) is 9.56. The van der Waals surface area contributed by atoms with Crippen LogP contribution in [0.3, 0.4) is 0 Å². The maximum absolute atomic E-state index is 10.8. The van der Waals surface area contributed by atoms with Gasteiger partial charge in [0.05, 0.1) is 13.5 Å². The summed E-state index contributed by atoms with van der Waals surface area (Å²) in [7, 11) is 1.59. The lowest BCUT2D eigenvalue weighted by molar-refractivity contribution is -0.137. The van der Waals surface area contributed by atoms with Crippen molar-refractivity contribution in [1.82, 2.24) is 5.32 Å². The van der Waals surface area contributed by atoms with Gasteiger partial charge in [-0.1, -0.05) is 25.1 Å². The molecule has 0 bridgehead atoms. The van der Waals surface area contributed by atoms with Gasteiger partial charge in [-0.3, -0.25) is 4.79 Å². The van der Waals surface area contributed by atoms with Crippen LogP contribution in [0.25, 0.3) is 0 Å². The van der Waals surface area contributed by atoms with E-state index in [1.807, 2.05) is 31.2 Å². The van der Waals surface area contributed by atoms with E-state index >= 15 is 0 Å². The predicted molar refractivity (Wildman–Crippen MR) is 61.7 cm³/mol. The summed E-state index contributed by atoms with van der Waals surface area (Å²) in [4.78, 5) is 10.8. The molecule has 4 heteroatoms. The van der Waals surface area contributed by atoms with Gasteiger partial charge in [-0.05, 0) is 12.6 Å². The molecule has 0 fully saturated rings. The van der Waals surface area contributed by atoms with Crippen molar-refractivity contribution in [3.05, 3.63) is 29.8 Å². The Morgan fingerprint density at radius 2 is 2.19 bits per heavy atom. The molecule has 0 heterocycles. The van der Waals surface area contributed by atoms with Gasteiger partial charge in [0.2, 0.25) is 0 Å². The molecular weight excluding hydrogens is 206 g/mol. The second-order valence-corrected chi connectivity index (χ2v) is 3.45. The largest absolute Gasteiger partial charge is 0.496 e. The summed E-state index contributed by atoms with van der Waals surface area (Å²) in [5.41, 5.74) is 0.884. The first-order valence-corrected chi connectivity index (χ1v) is 5.27. The van der Waals surface area contributed by atoms with Gasteiger partial charge < -0.3 is 15.2 Å². The van der Waals surface area contributed by atoms with Crippen LogP contribution in [0.2, 0.25) is 0 Å². The lowest BCUT2D eigenvalue weighted by Crippen LogP contribution is -2.24. The molecule has 2 N–H and O–H groups in total. The molecule has 0 radical (unpaired) electrons. The summed E-state index contributed by atoms with van der Waals surface area (Å²) in [5.74, 6) is -0.105. The molecule has 0 saturated carbocycles. The lowest BCUT2D eigenvalue weighted by atomic mass is 10.0. The molecule has 1 unspecified atom stereocenters. The zero-order chi connectivity index (χ0) is 12.0. The van der Waals surface area contributed by atoms with Gasteiger partial charge in [0.1, 0.15) is 5.75 Å². The average Bonchev–Trinajstić information content (AvgIpc) is 2.28. The Morgan fingerprint density at radius 1 is 1.50 bits per heavy atom. The van der Waals surface area contributed by atoms with E-state index in [9.17, 15) is 4.79 Å². The minimum absolute atomic E-state index is 0.0498. The second-order valence-electron chi connectivity index (χ2n) is 3.45. The summed E-state index contributed by atoms with van der Waals surface area (Å²) >= 11 is 0. The molecule has 0 aliphatic carbocycles. The number of nitrogens with one attached hydrogen (secondary N) is 1. The van der Waals surface area contributed by atoms with Gasteiger partial charge in [-0.15, -0.1) is 0 Å². The third-order valence-electron chi connectivity index (χ3n) is 2.34. The van der Waals surface area contributed by atoms with E-state index in [0.717, 1.165) is 17.9 Å². The Kier molecular flexibility index (Phi) is 4.79. The van der Waals surface area contributed by atoms with Crippen LogP contribution >= 0.6 is 0 Å². The topological polar surface area (TPSA) is 58.6 Å². The van der Waals surface area contributed by atoms with E-state index in [-0.39, 0.29) is 12.5 Å². The Morgan fingerprint density at radius 3 is 2.75 bits per heavy atom. The zero-order valence-corrected chi connectivity index (χ0v) is 9.56. The summed E-state index contributed by atoms with van der Waals surface area (Å²) in [5, 5.41) is 12.0. The van der Waals surface area contributed by atoms with E-state index in [0.29, 0.717) is 0 Å². The van der Waals surface area contributed by atoms with Gasteiger partial charge >= 0.3 is 5.97 Å². The quantitative estimate of drug-likeness (QED) is 0.772. The third-order valence-corrected chi connectivity index (χ3v) is 2.34. The first kappa shape index (κ1) is 12.5. The highest BCUT2D eigenvalue weighted by atomic mass is 16.5. The van der Waals surface area contributed by atoms with Crippen LogP contribution in [0.5, 0.6) is 5.75 Å². The summed E-state index contributed by atoms with van der Waals surface area (Å²) in [6.45, 7) is 2.67. The number of hydrogen-bond acceptors (Lipinski definition) is 3. The third kappa shape index (κ3) is 3.24. The Bertz CT molecular complexity index is 352. The molecule has 1 atom stereocenters. The van der Waals surface area contributed by atoms with Crippen molar-refractivity contribution in [1.29, 1.82) is 0 Å². The van der Waals surface area contributed by atoms with Crippen molar-refractivity contribution in [2.45, 2.75) is 19.4 Å². The van der Waals surface area contributed by atoms with Gasteiger partial charge in [0.15, 0.2) is 0 Å². The number of rotatable bonds is 6. The lowest BCUT2D eigenvalue weighted by Gasteiger charge is -2.18. The van der Waals surface area contributed by atoms with Gasteiger partial charge in [0, 0.05) is 11.6 Å². The molecule has 0 saturated heterocycles. The fourth-order valence-corrected chi connectivity index (χ4v) is 1.67. The highest BCUT2D eigenvalue weighted by Gasteiger charge is 2.17. The summed E-state index contributed by atoms with van der Waals surface area (Å²) < 4.78 is 5.22. The first-order valence-electron chi connectivity index (χ1n) is 5.27. The summed E-state index contributed by atoms with van der Waals surface area (Å²) in [6, 6.07) is 7.26. The number of carbonyl (C=O) groups is 1. The molecule has 0 amide bonds. The van der Waals surface area contributed by atoms with Crippen molar-refractivity contribution in [3.8, 4) is 5.75 Å². The number of hydrogen-bond donors (Lipinski definition) is 2. The molecular formula is C12H17NO3. The Balaban J connectivity index is 2.94. The number of methoxy groups -OCH3 is 1. The van der Waals surface area contributed by atoms with Crippen LogP contribution in [-0.4, -0.2) is 24.7 Å². The van der Waals surface area contributed by atoms with Gasteiger partial charge in [-0.2, -0.15) is 0 Å². The number of ether oxygens (including phenoxy) is 1. The monoisotopic (exact) mass is 223 g/mol. The molecule has 1 rings (SSSR count). The van der Waals surface area contributed by atoms with Gasteiger partial charge in [0.25, 0.3) is 0 Å². The van der Waals surface area contributed by atoms with E-state index in [4.69, 9.17) is 9.84 Å². The van der Waals surface area contributed by atoms with E-state index in [1.54, 1.807) is 7.11 Å². The minimum Gasteiger partial charge on any atom is -0.496 e. The minimum atomic E-state index is -0.822. The highest BCUT2D eigenvalue weighted by molar-refractivity contribution is 5.68. The second kappa shape index (κ2) is 6.12. The van der Waals surface area contributed by atoms with Crippen molar-refractivity contribution < 1.29 is 14.6 Å². The highest BCUT2D eigenvalue weighted by Crippen LogP contribution is 2.26. The fourth-order valence-electron chi connectivity index (χ4n) is 1.67. The van der Waals surface area contributed by atoms with Crippen LogP contribution in [0, 0.1) is 0 Å². The average molecular weight is 223 g/mol. The van der Waals surface area contributed by atoms with Crippen molar-refractivity contribution >= 4 is 5.97 Å². The molecule has 4 nitrogen and oxygen atoms in total. The maximum Gasteiger partial charge on any atom is 0.305 e. The van der Waals surface area contributed by atoms with E-state index in [1.165, 1.54) is 0 Å². The molecule has 16 heavy (non-hydrogen) atoms. The Hall–Kier alpha value is -1.55. The smallest absolute Gasteiger partial charge is 0.305 e. The van der Waals surface area contributed by atoms with E-state index in [2.05, 4.69) is 5.32 Å². The standard InChI is InChI=1S/C12H17NO3/c1-3-13-10(8-12(14)15)9-6-4-5-7-11(9)16-2/h4-7,10,13H,3,8H2,1-2H3,(H,14,15). The number of carboxylic acid groups (broad SMARTS) is 1. The van der Waals surface area contributed by atoms with Crippen LogP contribution < -0.4 is 10.1 Å². The molecule has 0 aliphatic rings.